The standard InChI is InChI=1S/C15H16N8O2/c1-7-12(8(2)23-15(22(7)3)19-20-21-23)13(24)16-9-4-5-10-11(6-9)18-14(25)17-10/h4-6,8H,1-3H3,(H,16,24)(H2,17,18,25)/t8-/m1/s1. The van der Waals surface area contributed by atoms with Gasteiger partial charge in [0.2, 0.25) is 5.95 Å². The average molecular weight is 340 g/mol. The Morgan fingerprint density at radius 2 is 2.04 bits per heavy atom. The van der Waals surface area contributed by atoms with Crippen LogP contribution >= 0.6 is 0 Å². The number of H-pyrrole nitrogens is 2. The van der Waals surface area contributed by atoms with Gasteiger partial charge in [0.05, 0.1) is 22.6 Å². The van der Waals surface area contributed by atoms with Gasteiger partial charge < -0.3 is 20.2 Å². The average Bonchev–Trinajstić information content (AvgIpc) is 3.18. The Balaban J connectivity index is 1.67. The van der Waals surface area contributed by atoms with Crippen molar-refractivity contribution in [2.24, 2.45) is 0 Å². The molecule has 128 valence electrons. The monoisotopic (exact) mass is 340 g/mol. The zero-order valence-electron chi connectivity index (χ0n) is 13.9. The summed E-state index contributed by atoms with van der Waals surface area (Å²) in [5.41, 5.74) is 2.97. The molecule has 1 aliphatic heterocycles. The molecule has 1 atom stereocenters. The molecule has 0 aliphatic carbocycles. The summed E-state index contributed by atoms with van der Waals surface area (Å²) in [5, 5.41) is 14.5. The van der Waals surface area contributed by atoms with Crippen LogP contribution in [0.4, 0.5) is 11.6 Å². The molecule has 3 heterocycles. The van der Waals surface area contributed by atoms with Gasteiger partial charge in [0.15, 0.2) is 0 Å². The summed E-state index contributed by atoms with van der Waals surface area (Å²) in [5.74, 6) is 0.350. The molecular formula is C15H16N8O2. The first-order chi connectivity index (χ1) is 12.0. The third-order valence-electron chi connectivity index (χ3n) is 4.47. The fourth-order valence-corrected chi connectivity index (χ4v) is 3.08. The normalized spacial score (nSPS) is 17.1. The molecule has 0 radical (unpaired) electrons. The minimum atomic E-state index is -0.294. The first-order valence-electron chi connectivity index (χ1n) is 7.71. The van der Waals surface area contributed by atoms with Gasteiger partial charge in [-0.2, -0.15) is 0 Å². The number of hydrogen-bond acceptors (Lipinski definition) is 6. The van der Waals surface area contributed by atoms with Gasteiger partial charge in [-0.05, 0) is 42.5 Å². The van der Waals surface area contributed by atoms with Crippen molar-refractivity contribution in [1.29, 1.82) is 0 Å². The molecule has 3 aromatic rings. The summed E-state index contributed by atoms with van der Waals surface area (Å²) < 4.78 is 1.61. The zero-order chi connectivity index (χ0) is 17.7. The molecule has 10 nitrogen and oxygen atoms in total. The molecule has 0 fully saturated rings. The molecule has 0 saturated carbocycles. The summed E-state index contributed by atoms with van der Waals surface area (Å²) >= 11 is 0. The number of benzene rings is 1. The van der Waals surface area contributed by atoms with E-state index in [1.165, 1.54) is 0 Å². The second kappa shape index (κ2) is 5.30. The lowest BCUT2D eigenvalue weighted by molar-refractivity contribution is -0.113. The van der Waals surface area contributed by atoms with Gasteiger partial charge >= 0.3 is 5.69 Å². The Bertz CT molecular complexity index is 1070. The SMILES string of the molecule is CC1=C(C(=O)Nc2ccc3[nH]c(=O)[nH]c3c2)[C@@H](C)n2nnnc2N1C. The quantitative estimate of drug-likeness (QED) is 0.633. The lowest BCUT2D eigenvalue weighted by Gasteiger charge is -2.30. The molecule has 0 bridgehead atoms. The van der Waals surface area contributed by atoms with Crippen LogP contribution in [0.1, 0.15) is 19.9 Å². The summed E-state index contributed by atoms with van der Waals surface area (Å²) in [6.07, 6.45) is 0. The maximum Gasteiger partial charge on any atom is 0.323 e. The minimum Gasteiger partial charge on any atom is -0.322 e. The fourth-order valence-electron chi connectivity index (χ4n) is 3.08. The van der Waals surface area contributed by atoms with E-state index in [2.05, 4.69) is 30.8 Å². The largest absolute Gasteiger partial charge is 0.323 e. The zero-order valence-corrected chi connectivity index (χ0v) is 13.9. The number of rotatable bonds is 2. The molecule has 0 saturated heterocycles. The van der Waals surface area contributed by atoms with Gasteiger partial charge in [0, 0.05) is 18.4 Å². The number of carbonyl (C=O) groups excluding carboxylic acids is 1. The molecule has 0 unspecified atom stereocenters. The Morgan fingerprint density at radius 3 is 2.84 bits per heavy atom. The lowest BCUT2D eigenvalue weighted by atomic mass is 10.0. The van der Waals surface area contributed by atoms with Crippen LogP contribution in [0.3, 0.4) is 0 Å². The third kappa shape index (κ3) is 2.30. The second-order valence-corrected chi connectivity index (χ2v) is 5.95. The van der Waals surface area contributed by atoms with Crippen LogP contribution in [0.2, 0.25) is 0 Å². The molecule has 1 amide bonds. The number of nitrogens with zero attached hydrogens (tertiary/aromatic N) is 5. The van der Waals surface area contributed by atoms with Crippen molar-refractivity contribution in [3.63, 3.8) is 0 Å². The highest BCUT2D eigenvalue weighted by Crippen LogP contribution is 2.32. The molecule has 2 aromatic heterocycles. The van der Waals surface area contributed by atoms with Crippen molar-refractivity contribution < 1.29 is 4.79 Å². The number of amides is 1. The van der Waals surface area contributed by atoms with Gasteiger partial charge in [-0.25, -0.2) is 9.48 Å². The van der Waals surface area contributed by atoms with Crippen molar-refractivity contribution in [2.75, 3.05) is 17.3 Å². The van der Waals surface area contributed by atoms with Crippen LogP contribution in [0.15, 0.2) is 34.3 Å². The second-order valence-electron chi connectivity index (χ2n) is 5.95. The van der Waals surface area contributed by atoms with E-state index in [9.17, 15) is 9.59 Å². The van der Waals surface area contributed by atoms with Crippen LogP contribution < -0.4 is 15.9 Å². The van der Waals surface area contributed by atoms with Gasteiger partial charge in [-0.3, -0.25) is 4.79 Å². The van der Waals surface area contributed by atoms with Crippen molar-refractivity contribution in [3.8, 4) is 0 Å². The van der Waals surface area contributed by atoms with Crippen molar-refractivity contribution in [1.82, 2.24) is 30.2 Å². The number of tetrazole rings is 1. The number of imidazole rings is 1. The number of fused-ring (bicyclic) bond motifs is 2. The molecule has 10 heteroatoms. The number of aromatic nitrogens is 6. The molecule has 1 aliphatic rings. The Kier molecular flexibility index (Phi) is 3.20. The summed E-state index contributed by atoms with van der Waals surface area (Å²) in [6, 6.07) is 4.89. The van der Waals surface area contributed by atoms with Crippen molar-refractivity contribution in [2.45, 2.75) is 19.9 Å². The van der Waals surface area contributed by atoms with Gasteiger partial charge in [0.1, 0.15) is 0 Å². The van der Waals surface area contributed by atoms with E-state index >= 15 is 0 Å². The highest BCUT2D eigenvalue weighted by Gasteiger charge is 2.32. The fraction of sp³-hybridized carbons (Fsp3) is 0.267. The topological polar surface area (TPSA) is 125 Å². The minimum absolute atomic E-state index is 0.241. The Labute approximate surface area is 141 Å². The number of anilines is 2. The number of hydrogen-bond donors (Lipinski definition) is 3. The van der Waals surface area contributed by atoms with Crippen molar-refractivity contribution in [3.05, 3.63) is 40.0 Å². The summed E-state index contributed by atoms with van der Waals surface area (Å²) in [7, 11) is 1.81. The number of allylic oxidation sites excluding steroid dienone is 1. The lowest BCUT2D eigenvalue weighted by Crippen LogP contribution is -2.34. The smallest absolute Gasteiger partial charge is 0.322 e. The van der Waals surface area contributed by atoms with Crippen LogP contribution in [-0.2, 0) is 4.79 Å². The van der Waals surface area contributed by atoms with Gasteiger partial charge in [0.25, 0.3) is 5.91 Å². The maximum absolute atomic E-state index is 12.8. The Hall–Kier alpha value is -3.43. The van der Waals surface area contributed by atoms with Crippen LogP contribution in [0, 0.1) is 0 Å². The van der Waals surface area contributed by atoms with Gasteiger partial charge in [-0.1, -0.05) is 5.10 Å². The van der Waals surface area contributed by atoms with Crippen LogP contribution in [0.25, 0.3) is 11.0 Å². The predicted molar refractivity (Wildman–Crippen MR) is 91.2 cm³/mol. The predicted octanol–water partition coefficient (Wildman–Crippen LogP) is 0.766. The van der Waals surface area contributed by atoms with E-state index in [0.29, 0.717) is 28.2 Å². The van der Waals surface area contributed by atoms with E-state index in [1.807, 2.05) is 20.9 Å². The highest BCUT2D eigenvalue weighted by molar-refractivity contribution is 6.06. The number of aromatic amines is 2. The van der Waals surface area contributed by atoms with Gasteiger partial charge in [-0.15, -0.1) is 0 Å². The maximum atomic E-state index is 12.8. The third-order valence-corrected chi connectivity index (χ3v) is 4.47. The van der Waals surface area contributed by atoms with Crippen molar-refractivity contribution >= 4 is 28.6 Å². The van der Waals surface area contributed by atoms with E-state index in [0.717, 1.165) is 5.70 Å². The molecule has 0 spiro atoms. The number of nitrogens with one attached hydrogen (secondary N) is 3. The molecule has 3 N–H and O–H groups in total. The first-order valence-corrected chi connectivity index (χ1v) is 7.71. The molecule has 1 aromatic carbocycles. The summed E-state index contributed by atoms with van der Waals surface area (Å²) in [6.45, 7) is 3.73. The molecule has 4 rings (SSSR count). The van der Waals surface area contributed by atoms with E-state index in [4.69, 9.17) is 0 Å². The molecule has 25 heavy (non-hydrogen) atoms. The first kappa shape index (κ1) is 15.1. The highest BCUT2D eigenvalue weighted by atomic mass is 16.2. The molecular weight excluding hydrogens is 324 g/mol. The van der Waals surface area contributed by atoms with E-state index in [-0.39, 0.29) is 17.6 Å². The number of carbonyl (C=O) groups is 1. The summed E-state index contributed by atoms with van der Waals surface area (Å²) in [4.78, 5) is 31.3. The van der Waals surface area contributed by atoms with E-state index in [1.54, 1.807) is 27.8 Å². The van der Waals surface area contributed by atoms with Crippen LogP contribution in [0.5, 0.6) is 0 Å². The van der Waals surface area contributed by atoms with E-state index < -0.39 is 0 Å². The Morgan fingerprint density at radius 1 is 1.28 bits per heavy atom. The van der Waals surface area contributed by atoms with Crippen LogP contribution in [-0.4, -0.2) is 43.1 Å².